The first kappa shape index (κ1) is 19.9. The molecule has 1 unspecified atom stereocenters. The molecule has 1 aromatic heterocycles. The number of carbonyl (C=O) groups is 1. The first-order valence-corrected chi connectivity index (χ1v) is 11.1. The van der Waals surface area contributed by atoms with Gasteiger partial charge in [0.1, 0.15) is 5.82 Å². The van der Waals surface area contributed by atoms with Gasteiger partial charge in [-0.05, 0) is 39.2 Å². The van der Waals surface area contributed by atoms with E-state index in [1.807, 2.05) is 11.1 Å². The molecule has 3 aliphatic heterocycles. The Morgan fingerprint density at radius 2 is 1.93 bits per heavy atom. The molecule has 0 aliphatic carbocycles. The molecular formula is C21H35N5O2. The average molecular weight is 390 g/mol. The minimum absolute atomic E-state index is 0.182. The molecular weight excluding hydrogens is 354 g/mol. The largest absolute Gasteiger partial charge is 0.378 e. The maximum absolute atomic E-state index is 12.9. The van der Waals surface area contributed by atoms with Gasteiger partial charge in [0.2, 0.25) is 5.91 Å². The second kappa shape index (κ2) is 9.37. The smallest absolute Gasteiger partial charge is 0.227 e. The minimum Gasteiger partial charge on any atom is -0.378 e. The maximum Gasteiger partial charge on any atom is 0.227 e. The van der Waals surface area contributed by atoms with Crippen LogP contribution in [0.15, 0.2) is 12.4 Å². The van der Waals surface area contributed by atoms with Gasteiger partial charge in [0, 0.05) is 57.7 Å². The molecule has 4 rings (SSSR count). The minimum atomic E-state index is 0.182. The second-order valence-corrected chi connectivity index (χ2v) is 8.41. The first-order chi connectivity index (χ1) is 13.7. The third-order valence-electron chi connectivity index (χ3n) is 6.71. The van der Waals surface area contributed by atoms with E-state index >= 15 is 0 Å². The molecule has 0 N–H and O–H groups in total. The van der Waals surface area contributed by atoms with Gasteiger partial charge in [0.25, 0.3) is 0 Å². The third-order valence-corrected chi connectivity index (χ3v) is 6.71. The van der Waals surface area contributed by atoms with Gasteiger partial charge >= 0.3 is 0 Å². The van der Waals surface area contributed by atoms with Gasteiger partial charge in [0.15, 0.2) is 0 Å². The third kappa shape index (κ3) is 4.58. The highest BCUT2D eigenvalue weighted by Crippen LogP contribution is 2.26. The molecule has 7 nitrogen and oxygen atoms in total. The van der Waals surface area contributed by atoms with Gasteiger partial charge < -0.3 is 14.2 Å². The Hall–Kier alpha value is -1.44. The van der Waals surface area contributed by atoms with Crippen LogP contribution in [0.1, 0.15) is 38.4 Å². The number of morpholine rings is 1. The molecule has 0 radical (unpaired) electrons. The van der Waals surface area contributed by atoms with Gasteiger partial charge in [-0.25, -0.2) is 4.98 Å². The topological polar surface area (TPSA) is 53.8 Å². The fraction of sp³-hybridized carbons (Fsp3) is 0.810. The van der Waals surface area contributed by atoms with E-state index < -0.39 is 0 Å². The van der Waals surface area contributed by atoms with Crippen molar-refractivity contribution < 1.29 is 9.53 Å². The van der Waals surface area contributed by atoms with Crippen LogP contribution in [0.2, 0.25) is 0 Å². The normalized spacial score (nSPS) is 25.9. The molecule has 3 fully saturated rings. The lowest BCUT2D eigenvalue weighted by Gasteiger charge is -2.43. The van der Waals surface area contributed by atoms with E-state index in [1.54, 1.807) is 0 Å². The van der Waals surface area contributed by atoms with Crippen molar-refractivity contribution in [2.24, 2.45) is 5.92 Å². The molecule has 0 bridgehead atoms. The van der Waals surface area contributed by atoms with Crippen LogP contribution >= 0.6 is 0 Å². The molecule has 1 amide bonds. The summed E-state index contributed by atoms with van der Waals surface area (Å²) in [5.41, 5.74) is 0. The number of carbonyl (C=O) groups excluding carboxylic acids is 1. The lowest BCUT2D eigenvalue weighted by Crippen LogP contribution is -2.52. The molecule has 1 aromatic rings. The van der Waals surface area contributed by atoms with Crippen LogP contribution in [0.4, 0.5) is 0 Å². The monoisotopic (exact) mass is 389 g/mol. The van der Waals surface area contributed by atoms with Crippen molar-refractivity contribution in [3.8, 4) is 0 Å². The van der Waals surface area contributed by atoms with Crippen molar-refractivity contribution in [1.82, 2.24) is 24.3 Å². The Labute approximate surface area is 168 Å². The van der Waals surface area contributed by atoms with E-state index in [0.717, 1.165) is 65.2 Å². The van der Waals surface area contributed by atoms with Crippen LogP contribution in [0.5, 0.6) is 0 Å². The number of ether oxygens (including phenoxy) is 1. The molecule has 0 aromatic carbocycles. The van der Waals surface area contributed by atoms with E-state index in [9.17, 15) is 4.79 Å². The van der Waals surface area contributed by atoms with Gasteiger partial charge in [-0.15, -0.1) is 0 Å². The summed E-state index contributed by atoms with van der Waals surface area (Å²) in [5, 5.41) is 0. The maximum atomic E-state index is 12.9. The van der Waals surface area contributed by atoms with Crippen LogP contribution in [0.3, 0.4) is 0 Å². The summed E-state index contributed by atoms with van der Waals surface area (Å²) >= 11 is 0. The number of aromatic nitrogens is 2. The van der Waals surface area contributed by atoms with Crippen molar-refractivity contribution in [2.45, 2.75) is 51.7 Å². The summed E-state index contributed by atoms with van der Waals surface area (Å²) in [4.78, 5) is 24.6. The zero-order valence-electron chi connectivity index (χ0n) is 17.3. The Morgan fingerprint density at radius 3 is 2.68 bits per heavy atom. The highest BCUT2D eigenvalue weighted by molar-refractivity contribution is 5.79. The molecule has 156 valence electrons. The van der Waals surface area contributed by atoms with Gasteiger partial charge in [-0.3, -0.25) is 14.6 Å². The summed E-state index contributed by atoms with van der Waals surface area (Å²) in [7, 11) is 0. The number of aryl methyl sites for hydroxylation is 1. The Morgan fingerprint density at radius 1 is 1.14 bits per heavy atom. The lowest BCUT2D eigenvalue weighted by atomic mass is 9.92. The number of imidazole rings is 1. The SMILES string of the molecule is CCn1ccnc1CN1CCC(N2CCCC(C(=O)N3CCOCC3)C2)CC1. The number of hydrogen-bond donors (Lipinski definition) is 0. The summed E-state index contributed by atoms with van der Waals surface area (Å²) in [5.74, 6) is 1.72. The summed E-state index contributed by atoms with van der Waals surface area (Å²) in [6.07, 6.45) is 8.57. The number of hydrogen-bond acceptors (Lipinski definition) is 5. The second-order valence-electron chi connectivity index (χ2n) is 8.41. The quantitative estimate of drug-likeness (QED) is 0.763. The zero-order chi connectivity index (χ0) is 19.3. The Balaban J connectivity index is 1.26. The van der Waals surface area contributed by atoms with Crippen LogP contribution < -0.4 is 0 Å². The number of piperidine rings is 2. The van der Waals surface area contributed by atoms with Gasteiger partial charge in [-0.2, -0.15) is 0 Å². The molecule has 3 aliphatic rings. The van der Waals surface area contributed by atoms with Gasteiger partial charge in [0.05, 0.1) is 25.7 Å². The predicted octanol–water partition coefficient (Wildman–Crippen LogP) is 1.44. The van der Waals surface area contributed by atoms with Crippen molar-refractivity contribution >= 4 is 5.91 Å². The fourth-order valence-corrected chi connectivity index (χ4v) is 5.00. The number of nitrogens with zero attached hydrogens (tertiary/aromatic N) is 5. The molecule has 0 spiro atoms. The number of rotatable bonds is 5. The van der Waals surface area contributed by atoms with Crippen molar-refractivity contribution in [1.29, 1.82) is 0 Å². The molecule has 28 heavy (non-hydrogen) atoms. The van der Waals surface area contributed by atoms with Crippen LogP contribution in [0.25, 0.3) is 0 Å². The number of likely N-dealkylation sites (tertiary alicyclic amines) is 2. The van der Waals surface area contributed by atoms with E-state index in [0.29, 0.717) is 25.2 Å². The van der Waals surface area contributed by atoms with E-state index in [1.165, 1.54) is 18.7 Å². The molecule has 7 heteroatoms. The van der Waals surface area contributed by atoms with Crippen LogP contribution in [-0.4, -0.2) is 88.7 Å². The summed E-state index contributed by atoms with van der Waals surface area (Å²) < 4.78 is 7.64. The highest BCUT2D eigenvalue weighted by atomic mass is 16.5. The zero-order valence-corrected chi connectivity index (χ0v) is 17.3. The molecule has 3 saturated heterocycles. The van der Waals surface area contributed by atoms with Crippen molar-refractivity contribution in [2.75, 3.05) is 52.5 Å². The van der Waals surface area contributed by atoms with E-state index in [-0.39, 0.29) is 5.92 Å². The summed E-state index contributed by atoms with van der Waals surface area (Å²) in [6.45, 7) is 11.4. The van der Waals surface area contributed by atoms with Crippen molar-refractivity contribution in [3.05, 3.63) is 18.2 Å². The van der Waals surface area contributed by atoms with E-state index in [4.69, 9.17) is 4.74 Å². The van der Waals surface area contributed by atoms with Crippen LogP contribution in [0, 0.1) is 5.92 Å². The van der Waals surface area contributed by atoms with Crippen molar-refractivity contribution in [3.63, 3.8) is 0 Å². The molecule has 4 heterocycles. The Bertz CT molecular complexity index is 634. The summed E-state index contributed by atoms with van der Waals surface area (Å²) in [6, 6.07) is 0.627. The molecule has 1 atom stereocenters. The van der Waals surface area contributed by atoms with Gasteiger partial charge in [-0.1, -0.05) is 0 Å². The predicted molar refractivity (Wildman–Crippen MR) is 108 cm³/mol. The highest BCUT2D eigenvalue weighted by Gasteiger charge is 2.34. The fourth-order valence-electron chi connectivity index (χ4n) is 5.00. The Kier molecular flexibility index (Phi) is 6.65. The van der Waals surface area contributed by atoms with Crippen LogP contribution in [-0.2, 0) is 22.6 Å². The first-order valence-electron chi connectivity index (χ1n) is 11.1. The average Bonchev–Trinajstić information content (AvgIpc) is 3.21. The lowest BCUT2D eigenvalue weighted by molar-refractivity contribution is -0.142. The number of amides is 1. The molecule has 0 saturated carbocycles. The van der Waals surface area contributed by atoms with E-state index in [2.05, 4.69) is 32.5 Å². The standard InChI is InChI=1S/C21H35N5O2/c1-2-24-11-7-22-20(24)17-23-9-5-19(6-10-23)26-8-3-4-18(16-26)21(27)25-12-14-28-15-13-25/h7,11,18-19H,2-6,8-10,12-17H2,1H3.